The molecule has 2 heteroatoms. The van der Waals surface area contributed by atoms with Crippen LogP contribution >= 0.6 is 0 Å². The van der Waals surface area contributed by atoms with Gasteiger partial charge >= 0.3 is 0 Å². The van der Waals surface area contributed by atoms with E-state index in [9.17, 15) is 0 Å². The van der Waals surface area contributed by atoms with E-state index in [0.29, 0.717) is 6.10 Å². The molecule has 1 unspecified atom stereocenters. The van der Waals surface area contributed by atoms with Gasteiger partial charge in [-0.1, -0.05) is 31.5 Å². The van der Waals surface area contributed by atoms with Crippen LogP contribution in [0.15, 0.2) is 35.3 Å². The molecule has 0 bridgehead atoms. The number of benzene rings is 1. The Bertz CT molecular complexity index is 332. The highest BCUT2D eigenvalue weighted by molar-refractivity contribution is 5.95. The maximum Gasteiger partial charge on any atom is 0.216 e. The fourth-order valence-corrected chi connectivity index (χ4v) is 1.74. The summed E-state index contributed by atoms with van der Waals surface area (Å²) < 4.78 is 5.80. The molecule has 80 valence electrons. The van der Waals surface area contributed by atoms with E-state index in [-0.39, 0.29) is 0 Å². The van der Waals surface area contributed by atoms with Gasteiger partial charge in [-0.3, -0.25) is 0 Å². The Morgan fingerprint density at radius 2 is 2.13 bits per heavy atom. The third kappa shape index (κ3) is 2.58. The van der Waals surface area contributed by atoms with Crippen LogP contribution in [-0.2, 0) is 4.74 Å². The van der Waals surface area contributed by atoms with Crippen molar-refractivity contribution in [2.24, 2.45) is 4.99 Å². The van der Waals surface area contributed by atoms with Gasteiger partial charge in [-0.25, -0.2) is 4.99 Å². The van der Waals surface area contributed by atoms with Crippen molar-refractivity contribution in [1.29, 1.82) is 0 Å². The zero-order chi connectivity index (χ0) is 10.5. The number of aliphatic imine (C=N–C) groups is 1. The van der Waals surface area contributed by atoms with E-state index < -0.39 is 0 Å². The molecule has 0 radical (unpaired) electrons. The van der Waals surface area contributed by atoms with Crippen molar-refractivity contribution in [2.75, 3.05) is 6.54 Å². The molecule has 1 heterocycles. The molecule has 0 N–H and O–H groups in total. The summed E-state index contributed by atoms with van der Waals surface area (Å²) in [6, 6.07) is 10.1. The van der Waals surface area contributed by atoms with Gasteiger partial charge < -0.3 is 4.74 Å². The molecule has 0 aliphatic carbocycles. The number of hydrogen-bond donors (Lipinski definition) is 0. The first kappa shape index (κ1) is 10.2. The van der Waals surface area contributed by atoms with E-state index in [4.69, 9.17) is 4.74 Å². The second kappa shape index (κ2) is 4.96. The molecule has 0 amide bonds. The monoisotopic (exact) mass is 203 g/mol. The SMILES string of the molecule is CCCCC1CN=C(c2ccccc2)O1. The van der Waals surface area contributed by atoms with Gasteiger partial charge in [-0.2, -0.15) is 0 Å². The van der Waals surface area contributed by atoms with Crippen molar-refractivity contribution >= 4 is 5.90 Å². The highest BCUT2D eigenvalue weighted by Gasteiger charge is 2.19. The molecule has 0 saturated carbocycles. The fourth-order valence-electron chi connectivity index (χ4n) is 1.74. The lowest BCUT2D eigenvalue weighted by atomic mass is 10.2. The van der Waals surface area contributed by atoms with Gasteiger partial charge in [-0.15, -0.1) is 0 Å². The van der Waals surface area contributed by atoms with E-state index in [0.717, 1.165) is 24.4 Å². The number of ether oxygens (including phenoxy) is 1. The normalized spacial score (nSPS) is 19.8. The molecule has 1 aliphatic heterocycles. The number of rotatable bonds is 4. The van der Waals surface area contributed by atoms with Crippen molar-refractivity contribution in [3.63, 3.8) is 0 Å². The van der Waals surface area contributed by atoms with E-state index in [1.807, 2.05) is 30.3 Å². The fraction of sp³-hybridized carbons (Fsp3) is 0.462. The predicted molar refractivity (Wildman–Crippen MR) is 62.2 cm³/mol. The predicted octanol–water partition coefficient (Wildman–Crippen LogP) is 3.02. The van der Waals surface area contributed by atoms with E-state index in [1.165, 1.54) is 12.8 Å². The first-order valence-corrected chi connectivity index (χ1v) is 5.66. The summed E-state index contributed by atoms with van der Waals surface area (Å²) in [4.78, 5) is 4.43. The quantitative estimate of drug-likeness (QED) is 0.737. The summed E-state index contributed by atoms with van der Waals surface area (Å²) in [6.45, 7) is 3.03. The number of hydrogen-bond acceptors (Lipinski definition) is 2. The Balaban J connectivity index is 1.92. The Morgan fingerprint density at radius 3 is 2.87 bits per heavy atom. The average Bonchev–Trinajstić information content (AvgIpc) is 2.76. The Hall–Kier alpha value is -1.31. The highest BCUT2D eigenvalue weighted by atomic mass is 16.5. The minimum absolute atomic E-state index is 0.306. The van der Waals surface area contributed by atoms with Crippen LogP contribution < -0.4 is 0 Å². The lowest BCUT2D eigenvalue weighted by molar-refractivity contribution is 0.210. The second-order valence-corrected chi connectivity index (χ2v) is 3.89. The molecule has 15 heavy (non-hydrogen) atoms. The Labute approximate surface area is 91.0 Å². The minimum Gasteiger partial charge on any atom is -0.472 e. The zero-order valence-corrected chi connectivity index (χ0v) is 9.15. The lowest BCUT2D eigenvalue weighted by Gasteiger charge is -2.10. The molecule has 1 aromatic rings. The van der Waals surface area contributed by atoms with E-state index in [1.54, 1.807) is 0 Å². The van der Waals surface area contributed by atoms with Crippen LogP contribution in [0.2, 0.25) is 0 Å². The summed E-state index contributed by atoms with van der Waals surface area (Å²) in [7, 11) is 0. The van der Waals surface area contributed by atoms with Crippen LogP contribution in [0.25, 0.3) is 0 Å². The summed E-state index contributed by atoms with van der Waals surface area (Å²) in [5, 5.41) is 0. The van der Waals surface area contributed by atoms with Crippen molar-refractivity contribution in [1.82, 2.24) is 0 Å². The standard InChI is InChI=1S/C13H17NO/c1-2-3-9-12-10-14-13(15-12)11-7-5-4-6-8-11/h4-8,12H,2-3,9-10H2,1H3. The molecular formula is C13H17NO. The van der Waals surface area contributed by atoms with Gasteiger partial charge in [0.25, 0.3) is 0 Å². The van der Waals surface area contributed by atoms with Crippen molar-refractivity contribution in [3.05, 3.63) is 35.9 Å². The van der Waals surface area contributed by atoms with Crippen LogP contribution in [-0.4, -0.2) is 18.5 Å². The van der Waals surface area contributed by atoms with Crippen molar-refractivity contribution < 1.29 is 4.74 Å². The van der Waals surface area contributed by atoms with E-state index >= 15 is 0 Å². The largest absolute Gasteiger partial charge is 0.472 e. The summed E-state index contributed by atoms with van der Waals surface area (Å²) >= 11 is 0. The second-order valence-electron chi connectivity index (χ2n) is 3.89. The smallest absolute Gasteiger partial charge is 0.216 e. The first-order valence-electron chi connectivity index (χ1n) is 5.66. The van der Waals surface area contributed by atoms with Gasteiger partial charge in [0.2, 0.25) is 5.90 Å². The zero-order valence-electron chi connectivity index (χ0n) is 9.15. The summed E-state index contributed by atoms with van der Waals surface area (Å²) in [5.41, 5.74) is 1.09. The number of unbranched alkanes of at least 4 members (excludes halogenated alkanes) is 1. The minimum atomic E-state index is 0.306. The molecule has 0 saturated heterocycles. The molecule has 2 rings (SSSR count). The van der Waals surface area contributed by atoms with Crippen LogP contribution in [0.5, 0.6) is 0 Å². The molecule has 0 fully saturated rings. The van der Waals surface area contributed by atoms with Crippen LogP contribution in [0.3, 0.4) is 0 Å². The molecule has 2 nitrogen and oxygen atoms in total. The number of nitrogens with zero attached hydrogens (tertiary/aromatic N) is 1. The van der Waals surface area contributed by atoms with Gasteiger partial charge in [0.05, 0.1) is 6.54 Å². The van der Waals surface area contributed by atoms with Crippen molar-refractivity contribution in [3.8, 4) is 0 Å². The van der Waals surface area contributed by atoms with Gasteiger partial charge in [-0.05, 0) is 25.0 Å². The third-order valence-electron chi connectivity index (χ3n) is 2.62. The molecule has 0 spiro atoms. The molecule has 1 aliphatic rings. The summed E-state index contributed by atoms with van der Waals surface area (Å²) in [6.07, 6.45) is 3.87. The Kier molecular flexibility index (Phi) is 3.38. The Morgan fingerprint density at radius 1 is 1.33 bits per heavy atom. The van der Waals surface area contributed by atoms with Crippen LogP contribution in [0.4, 0.5) is 0 Å². The van der Waals surface area contributed by atoms with Crippen LogP contribution in [0.1, 0.15) is 31.7 Å². The first-order chi connectivity index (χ1) is 7.40. The topological polar surface area (TPSA) is 21.6 Å². The van der Waals surface area contributed by atoms with Crippen molar-refractivity contribution in [2.45, 2.75) is 32.3 Å². The highest BCUT2D eigenvalue weighted by Crippen LogP contribution is 2.16. The third-order valence-corrected chi connectivity index (χ3v) is 2.62. The molecule has 1 aromatic carbocycles. The lowest BCUT2D eigenvalue weighted by Crippen LogP contribution is -2.13. The maximum absolute atomic E-state index is 5.80. The average molecular weight is 203 g/mol. The van der Waals surface area contributed by atoms with E-state index in [2.05, 4.69) is 11.9 Å². The van der Waals surface area contributed by atoms with Gasteiger partial charge in [0.15, 0.2) is 0 Å². The van der Waals surface area contributed by atoms with Crippen LogP contribution in [0, 0.1) is 0 Å². The maximum atomic E-state index is 5.80. The van der Waals surface area contributed by atoms with Gasteiger partial charge in [0, 0.05) is 5.56 Å². The molecule has 1 atom stereocenters. The molecular weight excluding hydrogens is 186 g/mol. The van der Waals surface area contributed by atoms with Gasteiger partial charge in [0.1, 0.15) is 6.10 Å². The molecule has 0 aromatic heterocycles. The summed E-state index contributed by atoms with van der Waals surface area (Å²) in [5.74, 6) is 0.816.